The Hall–Kier alpha value is -2.02. The van der Waals surface area contributed by atoms with E-state index in [9.17, 15) is 5.11 Å². The van der Waals surface area contributed by atoms with Gasteiger partial charge in [0.25, 0.3) is 0 Å². The van der Waals surface area contributed by atoms with Gasteiger partial charge in [0, 0.05) is 0 Å². The summed E-state index contributed by atoms with van der Waals surface area (Å²) in [7, 11) is 0. The van der Waals surface area contributed by atoms with Crippen LogP contribution in [0, 0.1) is 35.0 Å². The average molecular weight is 485 g/mol. The first-order chi connectivity index (χ1) is 17.4. The van der Waals surface area contributed by atoms with E-state index in [-0.39, 0.29) is 0 Å². The number of allylic oxidation sites excluding steroid dienone is 2. The van der Waals surface area contributed by atoms with Crippen LogP contribution in [0.3, 0.4) is 0 Å². The Morgan fingerprint density at radius 3 is 2.58 bits per heavy atom. The van der Waals surface area contributed by atoms with Crippen molar-refractivity contribution in [2.75, 3.05) is 0 Å². The van der Waals surface area contributed by atoms with Gasteiger partial charge >= 0.3 is 0 Å². The lowest BCUT2D eigenvalue weighted by atomic mass is 9.51. The Bertz CT molecular complexity index is 1050. The lowest BCUT2D eigenvalue weighted by Gasteiger charge is -2.54. The van der Waals surface area contributed by atoms with Gasteiger partial charge in [-0.1, -0.05) is 76.1 Å². The van der Waals surface area contributed by atoms with Gasteiger partial charge in [-0.2, -0.15) is 0 Å². The minimum Gasteiger partial charge on any atom is -0.508 e. The van der Waals surface area contributed by atoms with Crippen molar-refractivity contribution in [3.63, 3.8) is 0 Å². The Balaban J connectivity index is 1.33. The number of aromatic hydroxyl groups is 1. The molecule has 3 aliphatic carbocycles. The van der Waals surface area contributed by atoms with Crippen molar-refractivity contribution in [1.82, 2.24) is 0 Å². The fourth-order valence-electron chi connectivity index (χ4n) is 8.31. The van der Waals surface area contributed by atoms with Crippen LogP contribution in [0.2, 0.25) is 0 Å². The summed E-state index contributed by atoms with van der Waals surface area (Å²) in [6, 6.07) is 15.4. The number of benzene rings is 2. The van der Waals surface area contributed by atoms with Crippen LogP contribution in [0.25, 0.3) is 0 Å². The van der Waals surface area contributed by atoms with Gasteiger partial charge in [0.1, 0.15) is 5.75 Å². The van der Waals surface area contributed by atoms with Crippen LogP contribution in [0.1, 0.15) is 101 Å². The van der Waals surface area contributed by atoms with E-state index in [4.69, 9.17) is 0 Å². The first-order valence-corrected chi connectivity index (χ1v) is 15.0. The van der Waals surface area contributed by atoms with Gasteiger partial charge in [-0.15, -0.1) is 0 Å². The molecule has 3 aliphatic rings. The highest BCUT2D eigenvalue weighted by molar-refractivity contribution is 5.39. The monoisotopic (exact) mass is 484 g/mol. The van der Waals surface area contributed by atoms with E-state index in [0.717, 1.165) is 48.9 Å². The maximum atomic E-state index is 10.7. The zero-order valence-electron chi connectivity index (χ0n) is 23.0. The average Bonchev–Trinajstić information content (AvgIpc) is 2.84. The van der Waals surface area contributed by atoms with Crippen LogP contribution in [-0.2, 0) is 19.3 Å². The third-order valence-electron chi connectivity index (χ3n) is 9.89. The molecule has 0 aromatic heterocycles. The van der Waals surface area contributed by atoms with E-state index in [2.05, 4.69) is 69.3 Å². The standard InChI is InChI=1S/C35H48O/c1-25(2)15-16-29-10-4-5-11-30(29)20-27-19-28(23-32(36)22-27)21-31-12-6-14-34-33(31)13-8-18-35(34)17-7-9-26(3)24-35/h4-5,7,10-11,17,19,22-23,25-26,31,33-34,36H,6,8-9,12-16,18,20-21,24H2,1-3H3/t26-,31-,33-,34+,35+/m0/s1. The molecule has 2 fully saturated rings. The minimum absolute atomic E-state index is 0.443. The molecule has 1 spiro atoms. The summed E-state index contributed by atoms with van der Waals surface area (Å²) < 4.78 is 0. The van der Waals surface area contributed by atoms with E-state index < -0.39 is 0 Å². The molecule has 5 atom stereocenters. The van der Waals surface area contributed by atoms with Crippen LogP contribution in [0.4, 0.5) is 0 Å². The fraction of sp³-hybridized carbons (Fsp3) is 0.600. The van der Waals surface area contributed by atoms with E-state index in [1.54, 1.807) is 0 Å². The van der Waals surface area contributed by atoms with Gasteiger partial charge in [0.05, 0.1) is 0 Å². The normalized spacial score (nSPS) is 30.0. The van der Waals surface area contributed by atoms with Crippen LogP contribution in [0.15, 0.2) is 54.6 Å². The number of phenols is 1. The van der Waals surface area contributed by atoms with Crippen molar-refractivity contribution >= 4 is 0 Å². The summed E-state index contributed by atoms with van der Waals surface area (Å²) in [5.74, 6) is 4.49. The molecular weight excluding hydrogens is 436 g/mol. The zero-order valence-corrected chi connectivity index (χ0v) is 23.0. The van der Waals surface area contributed by atoms with Gasteiger partial charge in [-0.3, -0.25) is 0 Å². The van der Waals surface area contributed by atoms with Crippen LogP contribution >= 0.6 is 0 Å². The molecule has 0 saturated heterocycles. The lowest BCUT2D eigenvalue weighted by Crippen LogP contribution is -2.45. The summed E-state index contributed by atoms with van der Waals surface area (Å²) in [4.78, 5) is 0. The second-order valence-corrected chi connectivity index (χ2v) is 13.1. The summed E-state index contributed by atoms with van der Waals surface area (Å²) in [6.45, 7) is 7.07. The van der Waals surface area contributed by atoms with E-state index in [0.29, 0.717) is 11.2 Å². The zero-order chi connectivity index (χ0) is 25.1. The second-order valence-electron chi connectivity index (χ2n) is 13.1. The predicted molar refractivity (Wildman–Crippen MR) is 152 cm³/mol. The maximum Gasteiger partial charge on any atom is 0.116 e. The smallest absolute Gasteiger partial charge is 0.116 e. The van der Waals surface area contributed by atoms with Gasteiger partial charge in [-0.05, 0) is 134 Å². The van der Waals surface area contributed by atoms with Crippen molar-refractivity contribution < 1.29 is 5.11 Å². The lowest BCUT2D eigenvalue weighted by molar-refractivity contribution is -0.00558. The third kappa shape index (κ3) is 5.76. The third-order valence-corrected chi connectivity index (χ3v) is 9.89. The summed E-state index contributed by atoms with van der Waals surface area (Å²) in [5.41, 5.74) is 5.97. The van der Waals surface area contributed by atoms with Crippen molar-refractivity contribution in [1.29, 1.82) is 0 Å². The van der Waals surface area contributed by atoms with E-state index in [1.807, 2.05) is 6.07 Å². The van der Waals surface area contributed by atoms with Crippen LogP contribution in [0.5, 0.6) is 5.75 Å². The van der Waals surface area contributed by atoms with E-state index in [1.165, 1.54) is 80.0 Å². The summed E-state index contributed by atoms with van der Waals surface area (Å²) >= 11 is 0. The number of rotatable bonds is 7. The molecule has 0 heterocycles. The van der Waals surface area contributed by atoms with Crippen molar-refractivity contribution in [2.24, 2.45) is 35.0 Å². The molecule has 36 heavy (non-hydrogen) atoms. The summed E-state index contributed by atoms with van der Waals surface area (Å²) in [6.07, 6.45) is 20.7. The van der Waals surface area contributed by atoms with Crippen molar-refractivity contribution in [3.05, 3.63) is 76.9 Å². The molecular formula is C35H48O. The molecule has 0 bridgehead atoms. The Morgan fingerprint density at radius 2 is 1.78 bits per heavy atom. The van der Waals surface area contributed by atoms with E-state index >= 15 is 0 Å². The summed E-state index contributed by atoms with van der Waals surface area (Å²) in [5, 5.41) is 10.7. The highest BCUT2D eigenvalue weighted by atomic mass is 16.3. The SMILES string of the molecule is CC(C)CCc1ccccc1Cc1cc(O)cc(C[C@@H]2CCC[C@@H]3[C@H]2CCC[C@@]32C=CC[C@H](C)C2)c1. The van der Waals surface area contributed by atoms with Crippen molar-refractivity contribution in [2.45, 2.75) is 97.8 Å². The van der Waals surface area contributed by atoms with Crippen LogP contribution in [-0.4, -0.2) is 5.11 Å². The molecule has 0 aliphatic heterocycles. The maximum absolute atomic E-state index is 10.7. The molecule has 0 unspecified atom stereocenters. The van der Waals surface area contributed by atoms with Gasteiger partial charge < -0.3 is 5.11 Å². The Kier molecular flexibility index (Phi) is 7.94. The van der Waals surface area contributed by atoms with Gasteiger partial charge in [0.15, 0.2) is 0 Å². The number of hydrogen-bond acceptors (Lipinski definition) is 1. The fourth-order valence-corrected chi connectivity index (χ4v) is 8.31. The molecule has 2 aromatic rings. The second kappa shape index (κ2) is 11.2. The van der Waals surface area contributed by atoms with Gasteiger partial charge in [0.2, 0.25) is 0 Å². The first kappa shape index (κ1) is 25.6. The molecule has 1 N–H and O–H groups in total. The number of phenolic OH excluding ortho intramolecular Hbond substituents is 1. The molecule has 1 nitrogen and oxygen atoms in total. The molecule has 2 aromatic carbocycles. The highest BCUT2D eigenvalue weighted by Gasteiger charge is 2.48. The molecule has 0 amide bonds. The Labute approximate surface area is 220 Å². The molecule has 1 heteroatoms. The number of aryl methyl sites for hydroxylation is 1. The number of hydrogen-bond donors (Lipinski definition) is 1. The number of fused-ring (bicyclic) bond motifs is 2. The predicted octanol–water partition coefficient (Wildman–Crippen LogP) is 9.30. The molecule has 0 radical (unpaired) electrons. The minimum atomic E-state index is 0.443. The van der Waals surface area contributed by atoms with Crippen molar-refractivity contribution in [3.8, 4) is 5.75 Å². The molecule has 2 saturated carbocycles. The van der Waals surface area contributed by atoms with Crippen LogP contribution < -0.4 is 0 Å². The largest absolute Gasteiger partial charge is 0.508 e. The first-order valence-electron chi connectivity index (χ1n) is 15.0. The molecule has 194 valence electrons. The Morgan fingerprint density at radius 1 is 0.972 bits per heavy atom. The van der Waals surface area contributed by atoms with Gasteiger partial charge in [-0.25, -0.2) is 0 Å². The topological polar surface area (TPSA) is 20.2 Å². The highest BCUT2D eigenvalue weighted by Crippen LogP contribution is 2.58. The quantitative estimate of drug-likeness (QED) is 0.388. The molecule has 5 rings (SSSR count).